The van der Waals surface area contributed by atoms with Gasteiger partial charge >= 0.3 is 0 Å². The van der Waals surface area contributed by atoms with Crippen LogP contribution < -0.4 is 4.74 Å². The van der Waals surface area contributed by atoms with Crippen LogP contribution in [0.4, 0.5) is 0 Å². The number of rotatable bonds is 5. The molecule has 4 rings (SSSR count). The second-order valence-electron chi connectivity index (χ2n) is 6.40. The number of hydrogen-bond donors (Lipinski definition) is 2. The molecule has 27 heavy (non-hydrogen) atoms. The lowest BCUT2D eigenvalue weighted by Crippen LogP contribution is -2.04. The summed E-state index contributed by atoms with van der Waals surface area (Å²) in [7, 11) is 0. The number of fused-ring (bicyclic) bond motifs is 1. The molecule has 0 radical (unpaired) electrons. The largest absolute Gasteiger partial charge is 0.486 e. The summed E-state index contributed by atoms with van der Waals surface area (Å²) in [4.78, 5) is 3.23. The summed E-state index contributed by atoms with van der Waals surface area (Å²) in [5.74, 6) is 1.41. The fraction of sp³-hybridized carbons (Fsp3) is 0.150. The summed E-state index contributed by atoms with van der Waals surface area (Å²) in [6.07, 6.45) is 3.69. The molecule has 0 unspecified atom stereocenters. The number of aryl methyl sites for hydroxylation is 2. The van der Waals surface area contributed by atoms with E-state index in [4.69, 9.17) is 17.0 Å². The standard InChI is InChI=1S/C20H19N5OS/c1-13-7-14(2)9-16(8-13)26-12-19-23-24-20(27)25(19)22-11-15-10-21-18-6-4-3-5-17(15)18/h3-11,21H,12H2,1-2H3,(H,24,27)/b22-11+. The predicted molar refractivity (Wildman–Crippen MR) is 109 cm³/mol. The van der Waals surface area contributed by atoms with E-state index in [0.29, 0.717) is 10.6 Å². The Labute approximate surface area is 161 Å². The second-order valence-corrected chi connectivity index (χ2v) is 6.79. The minimum atomic E-state index is 0.265. The number of aromatic amines is 2. The maximum absolute atomic E-state index is 5.89. The van der Waals surface area contributed by atoms with Crippen LogP contribution in [-0.4, -0.2) is 26.1 Å². The van der Waals surface area contributed by atoms with Crippen LogP contribution in [0.2, 0.25) is 0 Å². The van der Waals surface area contributed by atoms with Gasteiger partial charge < -0.3 is 9.72 Å². The lowest BCUT2D eigenvalue weighted by molar-refractivity contribution is 0.290. The lowest BCUT2D eigenvalue weighted by Gasteiger charge is -2.07. The van der Waals surface area contributed by atoms with E-state index < -0.39 is 0 Å². The molecule has 7 heteroatoms. The minimum Gasteiger partial charge on any atom is -0.486 e. The van der Waals surface area contributed by atoms with Gasteiger partial charge in [0.1, 0.15) is 12.4 Å². The molecule has 0 saturated heterocycles. The first-order valence-corrected chi connectivity index (χ1v) is 8.99. The minimum absolute atomic E-state index is 0.265. The molecule has 0 amide bonds. The van der Waals surface area contributed by atoms with E-state index in [1.807, 2.05) is 56.4 Å². The Kier molecular flexibility index (Phi) is 4.60. The first-order chi connectivity index (χ1) is 13.1. The van der Waals surface area contributed by atoms with Crippen molar-refractivity contribution in [3.63, 3.8) is 0 Å². The van der Waals surface area contributed by atoms with Gasteiger partial charge in [-0.1, -0.05) is 24.3 Å². The molecule has 2 aromatic heterocycles. The highest BCUT2D eigenvalue weighted by atomic mass is 32.1. The Morgan fingerprint density at radius 3 is 2.78 bits per heavy atom. The van der Waals surface area contributed by atoms with Crippen molar-refractivity contribution in [1.82, 2.24) is 19.9 Å². The van der Waals surface area contributed by atoms with Crippen molar-refractivity contribution in [1.29, 1.82) is 0 Å². The van der Waals surface area contributed by atoms with Crippen LogP contribution in [0.1, 0.15) is 22.5 Å². The third kappa shape index (κ3) is 3.68. The molecule has 2 heterocycles. The number of hydrogen-bond acceptors (Lipinski definition) is 4. The fourth-order valence-electron chi connectivity index (χ4n) is 3.02. The van der Waals surface area contributed by atoms with E-state index >= 15 is 0 Å². The van der Waals surface area contributed by atoms with Crippen LogP contribution in [-0.2, 0) is 6.61 Å². The highest BCUT2D eigenvalue weighted by Crippen LogP contribution is 2.18. The van der Waals surface area contributed by atoms with Crippen molar-refractivity contribution in [2.24, 2.45) is 5.10 Å². The van der Waals surface area contributed by atoms with Crippen LogP contribution in [0.15, 0.2) is 53.8 Å². The number of H-pyrrole nitrogens is 2. The predicted octanol–water partition coefficient (Wildman–Crippen LogP) is 4.50. The molecular weight excluding hydrogens is 358 g/mol. The molecule has 0 atom stereocenters. The Hall–Kier alpha value is -3.19. The van der Waals surface area contributed by atoms with Gasteiger partial charge in [0.2, 0.25) is 4.77 Å². The van der Waals surface area contributed by atoms with Gasteiger partial charge in [-0.2, -0.15) is 14.9 Å². The number of ether oxygens (including phenoxy) is 1. The van der Waals surface area contributed by atoms with Crippen LogP contribution in [0, 0.1) is 18.6 Å². The summed E-state index contributed by atoms with van der Waals surface area (Å²) in [5.41, 5.74) is 4.35. The van der Waals surface area contributed by atoms with Gasteiger partial charge in [0.25, 0.3) is 0 Å². The number of nitrogens with zero attached hydrogens (tertiary/aromatic N) is 3. The van der Waals surface area contributed by atoms with E-state index in [1.54, 1.807) is 10.9 Å². The van der Waals surface area contributed by atoms with Crippen molar-refractivity contribution in [2.75, 3.05) is 0 Å². The summed E-state index contributed by atoms with van der Waals surface area (Å²) in [6.45, 7) is 4.35. The molecule has 0 fully saturated rings. The molecule has 0 spiro atoms. The maximum Gasteiger partial charge on any atom is 0.216 e. The average Bonchev–Trinajstić information content (AvgIpc) is 3.21. The molecule has 0 aliphatic heterocycles. The zero-order chi connectivity index (χ0) is 18.8. The van der Waals surface area contributed by atoms with Gasteiger partial charge in [-0.05, 0) is 55.4 Å². The summed E-state index contributed by atoms with van der Waals surface area (Å²) < 4.78 is 7.89. The molecule has 2 aromatic carbocycles. The monoisotopic (exact) mass is 377 g/mol. The van der Waals surface area contributed by atoms with Gasteiger partial charge in [0, 0.05) is 22.7 Å². The van der Waals surface area contributed by atoms with Crippen molar-refractivity contribution < 1.29 is 4.74 Å². The molecule has 0 saturated carbocycles. The summed E-state index contributed by atoms with van der Waals surface area (Å²) >= 11 is 5.30. The van der Waals surface area contributed by atoms with Gasteiger partial charge in [-0.15, -0.1) is 0 Å². The quantitative estimate of drug-likeness (QED) is 0.397. The second kappa shape index (κ2) is 7.20. The molecule has 4 aromatic rings. The molecule has 2 N–H and O–H groups in total. The van der Waals surface area contributed by atoms with Gasteiger partial charge in [0.15, 0.2) is 5.82 Å². The molecule has 136 valence electrons. The number of benzene rings is 2. The third-order valence-electron chi connectivity index (χ3n) is 4.21. The molecular formula is C20H19N5OS. The van der Waals surface area contributed by atoms with Crippen molar-refractivity contribution in [3.05, 3.63) is 75.9 Å². The highest BCUT2D eigenvalue weighted by molar-refractivity contribution is 7.71. The van der Waals surface area contributed by atoms with Crippen molar-refractivity contribution in [3.8, 4) is 5.75 Å². The van der Waals surface area contributed by atoms with Crippen molar-refractivity contribution >= 4 is 29.3 Å². The van der Waals surface area contributed by atoms with E-state index in [-0.39, 0.29) is 6.61 Å². The Balaban J connectivity index is 1.57. The van der Waals surface area contributed by atoms with Crippen LogP contribution >= 0.6 is 12.2 Å². The highest BCUT2D eigenvalue weighted by Gasteiger charge is 2.07. The van der Waals surface area contributed by atoms with Crippen LogP contribution in [0.25, 0.3) is 10.9 Å². The Morgan fingerprint density at radius 1 is 1.19 bits per heavy atom. The van der Waals surface area contributed by atoms with E-state index in [2.05, 4.69) is 26.3 Å². The smallest absolute Gasteiger partial charge is 0.216 e. The normalized spacial score (nSPS) is 11.5. The van der Waals surface area contributed by atoms with Crippen molar-refractivity contribution in [2.45, 2.75) is 20.5 Å². The van der Waals surface area contributed by atoms with E-state index in [1.165, 1.54) is 0 Å². The van der Waals surface area contributed by atoms with Gasteiger partial charge in [-0.3, -0.25) is 0 Å². The average molecular weight is 377 g/mol. The van der Waals surface area contributed by atoms with Crippen LogP contribution in [0.5, 0.6) is 5.75 Å². The zero-order valence-corrected chi connectivity index (χ0v) is 15.9. The Morgan fingerprint density at radius 2 is 1.96 bits per heavy atom. The van der Waals surface area contributed by atoms with Crippen LogP contribution in [0.3, 0.4) is 0 Å². The topological polar surface area (TPSA) is 71.0 Å². The first kappa shape index (κ1) is 17.2. The third-order valence-corrected chi connectivity index (χ3v) is 4.48. The molecule has 0 aliphatic carbocycles. The van der Waals surface area contributed by atoms with E-state index in [0.717, 1.165) is 33.3 Å². The SMILES string of the molecule is Cc1cc(C)cc(OCc2n[nH]c(=S)n2/N=C/c2c[nH]c3ccccc23)c1. The maximum atomic E-state index is 5.89. The van der Waals surface area contributed by atoms with Gasteiger partial charge in [-0.25, -0.2) is 5.10 Å². The van der Waals surface area contributed by atoms with E-state index in [9.17, 15) is 0 Å². The molecule has 0 aliphatic rings. The first-order valence-electron chi connectivity index (χ1n) is 8.58. The van der Waals surface area contributed by atoms with Gasteiger partial charge in [0.05, 0.1) is 6.21 Å². The lowest BCUT2D eigenvalue weighted by atomic mass is 10.1. The Bertz CT molecular complexity index is 1160. The molecule has 6 nitrogen and oxygen atoms in total. The number of para-hydroxylation sites is 1. The zero-order valence-electron chi connectivity index (χ0n) is 15.1. The number of nitrogens with one attached hydrogen (secondary N) is 2. The summed E-state index contributed by atoms with van der Waals surface area (Å²) in [5, 5.41) is 12.6. The summed E-state index contributed by atoms with van der Waals surface area (Å²) in [6, 6.07) is 14.2. The molecule has 0 bridgehead atoms. The number of aromatic nitrogens is 4. The fourth-order valence-corrected chi connectivity index (χ4v) is 3.22.